The Kier molecular flexibility index (Phi) is 5.30. The minimum Gasteiger partial charge on any atom is -0.378 e. The smallest absolute Gasteiger partial charge is 0.221 e. The zero-order valence-electron chi connectivity index (χ0n) is 10.8. The fraction of sp³-hybridized carbons (Fsp3) is 0.500. The summed E-state index contributed by atoms with van der Waals surface area (Å²) in [6.45, 7) is 2.67. The van der Waals surface area contributed by atoms with Gasteiger partial charge in [0.25, 0.3) is 0 Å². The molecule has 1 heterocycles. The van der Waals surface area contributed by atoms with Crippen LogP contribution in [-0.4, -0.2) is 38.3 Å². The summed E-state index contributed by atoms with van der Waals surface area (Å²) in [7, 11) is 0. The third-order valence-corrected chi connectivity index (χ3v) is 3.08. The van der Waals surface area contributed by atoms with Crippen molar-refractivity contribution in [1.82, 2.24) is 10.6 Å². The first kappa shape index (κ1) is 14.0. The molecule has 1 saturated heterocycles. The average Bonchev–Trinajstić information content (AvgIpc) is 2.42. The van der Waals surface area contributed by atoms with Crippen molar-refractivity contribution >= 4 is 5.91 Å². The molecule has 1 aliphatic heterocycles. The van der Waals surface area contributed by atoms with Gasteiger partial charge in [-0.05, 0) is 24.1 Å². The Morgan fingerprint density at radius 3 is 2.89 bits per heavy atom. The van der Waals surface area contributed by atoms with E-state index in [1.165, 1.54) is 12.1 Å². The van der Waals surface area contributed by atoms with Gasteiger partial charge >= 0.3 is 0 Å². The summed E-state index contributed by atoms with van der Waals surface area (Å²) in [5, 5.41) is 6.10. The normalized spacial score (nSPS) is 19.1. The van der Waals surface area contributed by atoms with Crippen LogP contribution in [0.15, 0.2) is 24.3 Å². The monoisotopic (exact) mass is 266 g/mol. The number of amides is 1. The first-order valence-electron chi connectivity index (χ1n) is 6.56. The molecule has 1 atom stereocenters. The molecule has 1 aliphatic rings. The molecule has 2 N–H and O–H groups in total. The van der Waals surface area contributed by atoms with E-state index >= 15 is 0 Å². The van der Waals surface area contributed by atoms with Crippen LogP contribution in [0.5, 0.6) is 0 Å². The predicted octanol–water partition coefficient (Wildman–Crippen LogP) is 0.863. The number of morpholine rings is 1. The van der Waals surface area contributed by atoms with Gasteiger partial charge in [0.15, 0.2) is 0 Å². The van der Waals surface area contributed by atoms with E-state index in [1.54, 1.807) is 12.1 Å². The molecule has 0 aliphatic carbocycles. The number of hydrogen-bond donors (Lipinski definition) is 2. The maximum atomic E-state index is 12.7. The maximum absolute atomic E-state index is 12.7. The highest BCUT2D eigenvalue weighted by Gasteiger charge is 2.16. The van der Waals surface area contributed by atoms with Gasteiger partial charge < -0.3 is 15.4 Å². The molecule has 5 heteroatoms. The SMILES string of the molecule is O=C(CC1COCCN1)NCCc1ccc(F)cc1. The van der Waals surface area contributed by atoms with Crippen molar-refractivity contribution in [2.75, 3.05) is 26.3 Å². The van der Waals surface area contributed by atoms with Crippen LogP contribution < -0.4 is 10.6 Å². The van der Waals surface area contributed by atoms with Crippen molar-refractivity contribution in [3.63, 3.8) is 0 Å². The molecular formula is C14H19FN2O2. The predicted molar refractivity (Wildman–Crippen MR) is 70.3 cm³/mol. The molecule has 19 heavy (non-hydrogen) atoms. The van der Waals surface area contributed by atoms with Crippen LogP contribution in [0, 0.1) is 5.82 Å². The molecule has 2 rings (SSSR count). The number of hydrogen-bond acceptors (Lipinski definition) is 3. The number of nitrogens with one attached hydrogen (secondary N) is 2. The van der Waals surface area contributed by atoms with Crippen LogP contribution in [0.3, 0.4) is 0 Å². The molecule has 1 aromatic carbocycles. The summed E-state index contributed by atoms with van der Waals surface area (Å²) in [6.07, 6.45) is 1.14. The molecular weight excluding hydrogens is 247 g/mol. The Balaban J connectivity index is 1.64. The Morgan fingerprint density at radius 2 is 2.21 bits per heavy atom. The fourth-order valence-electron chi connectivity index (χ4n) is 2.04. The number of carbonyl (C=O) groups is 1. The van der Waals surface area contributed by atoms with Crippen LogP contribution in [-0.2, 0) is 16.0 Å². The molecule has 1 fully saturated rings. The van der Waals surface area contributed by atoms with Gasteiger partial charge in [0.05, 0.1) is 13.2 Å². The molecule has 0 bridgehead atoms. The van der Waals surface area contributed by atoms with Crippen molar-refractivity contribution in [3.05, 3.63) is 35.6 Å². The van der Waals surface area contributed by atoms with Gasteiger partial charge in [0, 0.05) is 25.6 Å². The van der Waals surface area contributed by atoms with Gasteiger partial charge in [-0.25, -0.2) is 4.39 Å². The Labute approximate surface area is 112 Å². The van der Waals surface area contributed by atoms with E-state index in [-0.39, 0.29) is 17.8 Å². The van der Waals surface area contributed by atoms with E-state index in [0.29, 0.717) is 32.6 Å². The molecule has 0 spiro atoms. The lowest BCUT2D eigenvalue weighted by molar-refractivity contribution is -0.122. The highest BCUT2D eigenvalue weighted by Crippen LogP contribution is 2.03. The molecule has 0 radical (unpaired) electrons. The third kappa shape index (κ3) is 4.96. The first-order valence-corrected chi connectivity index (χ1v) is 6.56. The van der Waals surface area contributed by atoms with Gasteiger partial charge in [0.2, 0.25) is 5.91 Å². The second-order valence-corrected chi connectivity index (χ2v) is 4.66. The van der Waals surface area contributed by atoms with E-state index in [2.05, 4.69) is 10.6 Å². The second-order valence-electron chi connectivity index (χ2n) is 4.66. The number of rotatable bonds is 5. The number of carbonyl (C=O) groups excluding carboxylic acids is 1. The Hall–Kier alpha value is -1.46. The van der Waals surface area contributed by atoms with Crippen LogP contribution in [0.25, 0.3) is 0 Å². The summed E-state index contributed by atoms with van der Waals surface area (Å²) in [6, 6.07) is 6.44. The minimum absolute atomic E-state index is 0.0186. The largest absolute Gasteiger partial charge is 0.378 e. The van der Waals surface area contributed by atoms with Gasteiger partial charge in [-0.3, -0.25) is 4.79 Å². The zero-order valence-corrected chi connectivity index (χ0v) is 10.8. The Bertz CT molecular complexity index is 402. The fourth-order valence-corrected chi connectivity index (χ4v) is 2.04. The summed E-state index contributed by atoms with van der Waals surface area (Å²) in [5.41, 5.74) is 1.01. The first-order chi connectivity index (χ1) is 9.24. The van der Waals surface area contributed by atoms with Crippen LogP contribution in [0.2, 0.25) is 0 Å². The topological polar surface area (TPSA) is 50.4 Å². The molecule has 1 amide bonds. The van der Waals surface area contributed by atoms with E-state index in [1.807, 2.05) is 0 Å². The zero-order chi connectivity index (χ0) is 13.5. The van der Waals surface area contributed by atoms with Crippen molar-refractivity contribution in [2.45, 2.75) is 18.9 Å². The molecule has 4 nitrogen and oxygen atoms in total. The summed E-state index contributed by atoms with van der Waals surface area (Å²) >= 11 is 0. The van der Waals surface area contributed by atoms with Crippen LogP contribution in [0.4, 0.5) is 4.39 Å². The van der Waals surface area contributed by atoms with Gasteiger partial charge in [-0.2, -0.15) is 0 Å². The third-order valence-electron chi connectivity index (χ3n) is 3.08. The van der Waals surface area contributed by atoms with Crippen molar-refractivity contribution in [1.29, 1.82) is 0 Å². The number of benzene rings is 1. The molecule has 0 saturated carbocycles. The van der Waals surface area contributed by atoms with Gasteiger partial charge in [0.1, 0.15) is 5.82 Å². The highest BCUT2D eigenvalue weighted by atomic mass is 19.1. The lowest BCUT2D eigenvalue weighted by Gasteiger charge is -2.23. The van der Waals surface area contributed by atoms with E-state index in [9.17, 15) is 9.18 Å². The maximum Gasteiger partial charge on any atom is 0.221 e. The summed E-state index contributed by atoms with van der Waals surface area (Å²) < 4.78 is 18.0. The average molecular weight is 266 g/mol. The second kappa shape index (κ2) is 7.21. The minimum atomic E-state index is -0.240. The van der Waals surface area contributed by atoms with Crippen molar-refractivity contribution in [3.8, 4) is 0 Å². The molecule has 1 unspecified atom stereocenters. The molecule has 1 aromatic rings. The van der Waals surface area contributed by atoms with Gasteiger partial charge in [-0.1, -0.05) is 12.1 Å². The van der Waals surface area contributed by atoms with Crippen molar-refractivity contribution < 1.29 is 13.9 Å². The highest BCUT2D eigenvalue weighted by molar-refractivity contribution is 5.76. The lowest BCUT2D eigenvalue weighted by Crippen LogP contribution is -2.44. The van der Waals surface area contributed by atoms with Crippen molar-refractivity contribution in [2.24, 2.45) is 0 Å². The summed E-state index contributed by atoms with van der Waals surface area (Å²) in [4.78, 5) is 11.7. The molecule has 104 valence electrons. The van der Waals surface area contributed by atoms with Crippen LogP contribution >= 0.6 is 0 Å². The van der Waals surface area contributed by atoms with E-state index in [4.69, 9.17) is 4.74 Å². The van der Waals surface area contributed by atoms with Gasteiger partial charge in [-0.15, -0.1) is 0 Å². The van der Waals surface area contributed by atoms with E-state index < -0.39 is 0 Å². The van der Waals surface area contributed by atoms with E-state index in [0.717, 1.165) is 12.1 Å². The number of halogens is 1. The molecule has 0 aromatic heterocycles. The number of ether oxygens (including phenoxy) is 1. The lowest BCUT2D eigenvalue weighted by atomic mass is 10.1. The quantitative estimate of drug-likeness (QED) is 0.831. The standard InChI is InChI=1S/C14H19FN2O2/c15-12-3-1-11(2-4-12)5-6-17-14(18)9-13-10-19-8-7-16-13/h1-4,13,16H,5-10H2,(H,17,18). The van der Waals surface area contributed by atoms with Crippen LogP contribution in [0.1, 0.15) is 12.0 Å². The summed E-state index contributed by atoms with van der Waals surface area (Å²) in [5.74, 6) is -0.221. The Morgan fingerprint density at radius 1 is 1.42 bits per heavy atom.